The van der Waals surface area contributed by atoms with Crippen molar-refractivity contribution in [3.05, 3.63) is 23.3 Å². The Bertz CT molecular complexity index is 1050. The molecule has 122 valence electrons. The van der Waals surface area contributed by atoms with Crippen molar-refractivity contribution in [2.45, 2.75) is 48.7 Å². The number of rotatable bonds is 2. The maximum absolute atomic E-state index is 13.2. The SMILES string of the molecule is [2H]O[C@@]12CC([2H])([2H])C(=O)C3Oc4c(OC([2H])([2H])[2H])ccc5c4[C@@]31CCN(C)[C@]2([2H])C5([2H])[2H]. The molecule has 2 fully saturated rings. The highest BCUT2D eigenvalue weighted by Crippen LogP contribution is 2.64. The van der Waals surface area contributed by atoms with Gasteiger partial charge in [-0.3, -0.25) is 4.79 Å². The molecule has 1 aromatic carbocycles. The average molecular weight is 324 g/mol. The molecule has 4 atom stereocenters. The Labute approximate surface area is 147 Å². The number of Topliss-reactive ketones (excluding diaryl/α,β-unsaturated/α-hetero) is 1. The van der Waals surface area contributed by atoms with Crippen molar-refractivity contribution >= 4 is 5.78 Å². The van der Waals surface area contributed by atoms with E-state index in [1.54, 1.807) is 0 Å². The summed E-state index contributed by atoms with van der Waals surface area (Å²) in [6, 6.07) is 0.257. The number of hydrogen-bond acceptors (Lipinski definition) is 5. The molecule has 0 radical (unpaired) electrons. The van der Waals surface area contributed by atoms with Gasteiger partial charge in [0.1, 0.15) is 0 Å². The molecule has 2 heterocycles. The molecule has 2 bridgehead atoms. The van der Waals surface area contributed by atoms with Crippen LogP contribution in [0.3, 0.4) is 0 Å². The fourth-order valence-electron chi connectivity index (χ4n) is 4.65. The number of carbonyl (C=O) groups excluding carboxylic acids is 1. The minimum absolute atomic E-state index is 0.0115. The molecule has 1 unspecified atom stereocenters. The summed E-state index contributed by atoms with van der Waals surface area (Å²) in [5.41, 5.74) is -3.55. The predicted octanol–water partition coefficient (Wildman–Crippen LogP) is 1.05. The number of likely N-dealkylation sites (N-methyl/N-ethyl adjacent to an activating group) is 1. The van der Waals surface area contributed by atoms with Gasteiger partial charge in [-0.1, -0.05) is 6.07 Å². The highest BCUT2D eigenvalue weighted by molar-refractivity contribution is 5.90. The van der Waals surface area contributed by atoms with Crippen molar-refractivity contribution in [2.24, 2.45) is 0 Å². The van der Waals surface area contributed by atoms with E-state index in [9.17, 15) is 6.17 Å². The summed E-state index contributed by atoms with van der Waals surface area (Å²) in [4.78, 5) is 14.6. The number of ether oxygens (including phenoxy) is 2. The summed E-state index contributed by atoms with van der Waals surface area (Å²) in [6.07, 6.45) is -7.20. The van der Waals surface area contributed by atoms with E-state index in [2.05, 4.69) is 0 Å². The van der Waals surface area contributed by atoms with Gasteiger partial charge in [-0.15, -0.1) is 0 Å². The molecule has 1 spiro atoms. The normalized spacial score (nSPS) is 54.4. The van der Waals surface area contributed by atoms with E-state index < -0.39 is 55.1 Å². The average Bonchev–Trinajstić information content (AvgIpc) is 3.02. The van der Waals surface area contributed by atoms with E-state index in [0.717, 1.165) is 0 Å². The minimum Gasteiger partial charge on any atom is -0.493 e. The van der Waals surface area contributed by atoms with Gasteiger partial charge in [-0.05, 0) is 44.4 Å². The molecule has 5 rings (SSSR count). The maximum atomic E-state index is 13.2. The zero-order valence-electron chi connectivity index (χ0n) is 21.4. The molecule has 5 nitrogen and oxygen atoms in total. The first-order valence-corrected chi connectivity index (χ1v) is 7.54. The zero-order chi connectivity index (χ0) is 23.7. The van der Waals surface area contributed by atoms with Crippen LogP contribution in [-0.2, 0) is 16.6 Å². The van der Waals surface area contributed by atoms with Crippen molar-refractivity contribution in [3.63, 3.8) is 0 Å². The van der Waals surface area contributed by atoms with E-state index in [0.29, 0.717) is 0 Å². The number of nitrogens with zero attached hydrogens (tertiary/aromatic N) is 1. The summed E-state index contributed by atoms with van der Waals surface area (Å²) in [7, 11) is -1.35. The van der Waals surface area contributed by atoms with Crippen LogP contribution >= 0.6 is 0 Å². The number of likely N-dealkylation sites (tertiary alicyclic amines) is 1. The lowest BCUT2D eigenvalue weighted by Crippen LogP contribution is -2.76. The third-order valence-electron chi connectivity index (χ3n) is 5.69. The van der Waals surface area contributed by atoms with Crippen LogP contribution in [0, 0.1) is 0 Å². The second-order valence-corrected chi connectivity index (χ2v) is 6.58. The van der Waals surface area contributed by atoms with Gasteiger partial charge in [0.2, 0.25) is 1.43 Å². The second-order valence-electron chi connectivity index (χ2n) is 6.58. The summed E-state index contributed by atoms with van der Waals surface area (Å²) in [5, 5.41) is 5.19. The number of hydrogen-bond donors (Lipinski definition) is 1. The Morgan fingerprint density at radius 2 is 2.52 bits per heavy atom. The van der Waals surface area contributed by atoms with Gasteiger partial charge in [0.25, 0.3) is 0 Å². The lowest BCUT2D eigenvalue weighted by atomic mass is 9.49. The van der Waals surface area contributed by atoms with Gasteiger partial charge in [0.15, 0.2) is 23.4 Å². The Hall–Kier alpha value is -1.59. The Kier molecular flexibility index (Phi) is 1.34. The number of aliphatic hydroxyl groups is 1. The van der Waals surface area contributed by atoms with Crippen LogP contribution in [0.25, 0.3) is 0 Å². The van der Waals surface area contributed by atoms with Crippen molar-refractivity contribution in [1.29, 1.82) is 1.43 Å². The largest absolute Gasteiger partial charge is 0.493 e. The molecule has 1 aromatic rings. The Balaban J connectivity index is 1.93. The molecule has 1 saturated heterocycles. The van der Waals surface area contributed by atoms with E-state index in [4.69, 9.17) is 25.6 Å². The summed E-state index contributed by atoms with van der Waals surface area (Å²) in [6.45, 7) is 0.146. The van der Waals surface area contributed by atoms with Gasteiger partial charge in [0, 0.05) is 23.4 Å². The summed E-state index contributed by atoms with van der Waals surface area (Å²) in [5.74, 6) is -1.33. The van der Waals surface area contributed by atoms with Crippen molar-refractivity contribution in [2.75, 3.05) is 20.6 Å². The number of methoxy groups -OCH3 is 1. The molecular weight excluding hydrogens is 294 g/mol. The number of piperidine rings is 1. The standard InChI is InChI=1S/C18H21NO4/c1-19-8-7-17-14-10-3-4-12(22-2)15(14)23-16(17)11(20)5-6-18(17,21)13(19)9-10/h3-4,13,16,21H,5-9H2,1-2H3/t13-,16?,17+,18-/m1/s1/i2D3,5D2,9D2,13D,21D. The van der Waals surface area contributed by atoms with E-state index in [1.165, 1.54) is 24.1 Å². The molecule has 2 aliphatic carbocycles. The third-order valence-corrected chi connectivity index (χ3v) is 5.69. The van der Waals surface area contributed by atoms with Crippen LogP contribution in [0.1, 0.15) is 41.3 Å². The molecule has 0 amide bonds. The molecule has 1 saturated carbocycles. The van der Waals surface area contributed by atoms with Crippen LogP contribution in [0.5, 0.6) is 11.5 Å². The van der Waals surface area contributed by atoms with Crippen LogP contribution < -0.4 is 9.47 Å². The highest BCUT2D eigenvalue weighted by atomic mass is 16.5. The van der Waals surface area contributed by atoms with Gasteiger partial charge in [-0.25, -0.2) is 0 Å². The van der Waals surface area contributed by atoms with Crippen LogP contribution in [0.15, 0.2) is 12.1 Å². The van der Waals surface area contributed by atoms with E-state index in [-0.39, 0.29) is 35.6 Å². The number of carbonyl (C=O) groups is 1. The summed E-state index contributed by atoms with van der Waals surface area (Å²) < 4.78 is 85.4. The van der Waals surface area contributed by atoms with E-state index in [1.807, 2.05) is 0 Å². The van der Waals surface area contributed by atoms with Crippen LogP contribution in [-0.4, -0.2) is 55.6 Å². The zero-order valence-corrected chi connectivity index (χ0v) is 12.4. The lowest BCUT2D eigenvalue weighted by Gasteiger charge is -2.62. The van der Waals surface area contributed by atoms with Crippen LogP contribution in [0.4, 0.5) is 0 Å². The quantitative estimate of drug-likeness (QED) is 0.881. The monoisotopic (exact) mass is 324 g/mol. The van der Waals surface area contributed by atoms with Crippen molar-refractivity contribution in [1.82, 2.24) is 4.90 Å². The first-order chi connectivity index (χ1) is 14.6. The lowest BCUT2D eigenvalue weighted by molar-refractivity contribution is -0.185. The summed E-state index contributed by atoms with van der Waals surface area (Å²) >= 11 is 0. The smallest absolute Gasteiger partial charge is 0.211 e. The molecule has 2 aliphatic heterocycles. The Morgan fingerprint density at radius 3 is 3.35 bits per heavy atom. The predicted molar refractivity (Wildman–Crippen MR) is 83.0 cm³/mol. The number of benzene rings is 1. The molecular formula is C18H21NO4. The van der Waals surface area contributed by atoms with Crippen LogP contribution in [0.2, 0.25) is 0 Å². The fourth-order valence-corrected chi connectivity index (χ4v) is 4.65. The van der Waals surface area contributed by atoms with Gasteiger partial charge < -0.3 is 19.5 Å². The fraction of sp³-hybridized carbons (Fsp3) is 0.611. The molecule has 0 aromatic heterocycles. The minimum atomic E-state index is -2.86. The van der Waals surface area contributed by atoms with Crippen molar-refractivity contribution < 1.29 is 30.3 Å². The first kappa shape index (κ1) is 7.53. The Morgan fingerprint density at radius 1 is 1.61 bits per heavy atom. The molecule has 23 heavy (non-hydrogen) atoms. The highest BCUT2D eigenvalue weighted by Gasteiger charge is 2.72. The van der Waals surface area contributed by atoms with Gasteiger partial charge >= 0.3 is 0 Å². The first-order valence-electron chi connectivity index (χ1n) is 12.0. The van der Waals surface area contributed by atoms with E-state index >= 15 is 0 Å². The van der Waals surface area contributed by atoms with Gasteiger partial charge in [-0.2, -0.15) is 0 Å². The molecule has 4 aliphatic rings. The third kappa shape index (κ3) is 1.32. The molecule has 5 heteroatoms. The number of ketones is 1. The maximum Gasteiger partial charge on any atom is 0.211 e. The van der Waals surface area contributed by atoms with Gasteiger partial charge in [0.05, 0.1) is 23.5 Å². The molecule has 1 N–H and O–H groups in total. The second kappa shape index (κ2) is 4.08. The van der Waals surface area contributed by atoms with Crippen molar-refractivity contribution in [3.8, 4) is 11.5 Å². The topological polar surface area (TPSA) is 59.0 Å².